The van der Waals surface area contributed by atoms with E-state index in [0.717, 1.165) is 17.3 Å². The number of hydrogen-bond acceptors (Lipinski definition) is 2. The monoisotopic (exact) mass is 495 g/mol. The van der Waals surface area contributed by atoms with E-state index < -0.39 is 0 Å². The maximum absolute atomic E-state index is 12.9. The predicted molar refractivity (Wildman–Crippen MR) is 106 cm³/mol. The quantitative estimate of drug-likeness (QED) is 0.314. The molecule has 24 heavy (non-hydrogen) atoms. The third kappa shape index (κ3) is 4.78. The minimum atomic E-state index is -0.236. The number of aromatic nitrogens is 1. The highest BCUT2D eigenvalue weighted by Crippen LogP contribution is 2.36. The number of benzene rings is 1. The summed E-state index contributed by atoms with van der Waals surface area (Å²) in [5.74, 6) is 0.314. The molecule has 0 aliphatic carbocycles. The maximum atomic E-state index is 12.9. The highest BCUT2D eigenvalue weighted by molar-refractivity contribution is 9.10. The lowest BCUT2D eigenvalue weighted by Crippen LogP contribution is -2.07. The number of carbonyl (C=O) groups excluding carboxylic acids is 1. The molecule has 7 heteroatoms. The average molecular weight is 498 g/mol. The molecule has 0 amide bonds. The van der Waals surface area contributed by atoms with E-state index in [2.05, 4.69) is 43.8 Å². The van der Waals surface area contributed by atoms with Crippen molar-refractivity contribution in [3.8, 4) is 5.75 Å². The number of hydrogen-bond donors (Lipinski definition) is 1. The van der Waals surface area contributed by atoms with Crippen LogP contribution in [0, 0.1) is 0 Å². The number of nitrogens with one attached hydrogen (secondary N) is 1. The minimum Gasteiger partial charge on any atom is -0.493 e. The van der Waals surface area contributed by atoms with Crippen LogP contribution in [0.5, 0.6) is 5.75 Å². The summed E-state index contributed by atoms with van der Waals surface area (Å²) in [5, 5.41) is 0.515. The van der Waals surface area contributed by atoms with Gasteiger partial charge in [-0.25, -0.2) is 0 Å². The van der Waals surface area contributed by atoms with Crippen molar-refractivity contribution < 1.29 is 9.53 Å². The fraction of sp³-hybridized carbons (Fsp3) is 0.353. The van der Waals surface area contributed by atoms with Crippen LogP contribution in [0.25, 0.3) is 0 Å². The zero-order valence-electron chi connectivity index (χ0n) is 13.1. The molecule has 1 heterocycles. The largest absolute Gasteiger partial charge is 0.493 e. The molecule has 1 aromatic heterocycles. The highest BCUT2D eigenvalue weighted by Gasteiger charge is 2.23. The Bertz CT molecular complexity index is 732. The molecule has 0 fully saturated rings. The molecule has 1 N–H and O–H groups in total. The van der Waals surface area contributed by atoms with Crippen LogP contribution in [0.1, 0.15) is 48.7 Å². The summed E-state index contributed by atoms with van der Waals surface area (Å²) < 4.78 is 7.07. The van der Waals surface area contributed by atoms with Gasteiger partial charge in [-0.15, -0.1) is 0 Å². The Kier molecular flexibility index (Phi) is 7.66. The predicted octanol–water partition coefficient (Wildman–Crippen LogP) is 7.04. The SMILES string of the molecule is CCCCCCOc1ccc(Br)cc1C(=O)c1[nH]c(Cl)c(Cl)c1Br. The number of ketones is 1. The second-order valence-corrected chi connectivity index (χ2v) is 7.79. The number of rotatable bonds is 8. The highest BCUT2D eigenvalue weighted by atomic mass is 79.9. The van der Waals surface area contributed by atoms with E-state index in [1.165, 1.54) is 12.8 Å². The van der Waals surface area contributed by atoms with Gasteiger partial charge < -0.3 is 9.72 Å². The molecule has 1 aromatic carbocycles. The third-order valence-electron chi connectivity index (χ3n) is 3.51. The topological polar surface area (TPSA) is 42.1 Å². The van der Waals surface area contributed by atoms with Crippen molar-refractivity contribution in [2.75, 3.05) is 6.61 Å². The Labute approximate surface area is 168 Å². The van der Waals surface area contributed by atoms with Gasteiger partial charge in [0.1, 0.15) is 16.6 Å². The van der Waals surface area contributed by atoms with Gasteiger partial charge in [-0.2, -0.15) is 0 Å². The average Bonchev–Trinajstić information content (AvgIpc) is 2.82. The first-order valence-corrected chi connectivity index (χ1v) is 9.99. The molecule has 0 saturated heterocycles. The summed E-state index contributed by atoms with van der Waals surface area (Å²) in [6.07, 6.45) is 4.43. The molecule has 0 saturated carbocycles. The lowest BCUT2D eigenvalue weighted by Gasteiger charge is -2.11. The van der Waals surface area contributed by atoms with Crippen LogP contribution in [0.2, 0.25) is 10.2 Å². The molecule has 0 bridgehead atoms. The Morgan fingerprint density at radius 3 is 2.58 bits per heavy atom. The second kappa shape index (κ2) is 9.27. The Balaban J connectivity index is 2.23. The molecule has 0 atom stereocenters. The lowest BCUT2D eigenvalue weighted by atomic mass is 10.1. The molecular formula is C17H17Br2Cl2NO2. The van der Waals surface area contributed by atoms with E-state index in [9.17, 15) is 4.79 Å². The molecule has 130 valence electrons. The third-order valence-corrected chi connectivity index (χ3v) is 5.78. The Hall–Kier alpha value is -0.490. The maximum Gasteiger partial charge on any atom is 0.214 e. The number of H-pyrrole nitrogens is 1. The molecule has 0 radical (unpaired) electrons. The van der Waals surface area contributed by atoms with Crippen molar-refractivity contribution >= 4 is 60.8 Å². The van der Waals surface area contributed by atoms with Crippen molar-refractivity contribution in [1.82, 2.24) is 4.98 Å². The molecule has 0 unspecified atom stereocenters. The van der Waals surface area contributed by atoms with Gasteiger partial charge in [-0.3, -0.25) is 4.79 Å². The number of aromatic amines is 1. The number of carbonyl (C=O) groups is 1. The molecule has 2 aromatic rings. The second-order valence-electron chi connectivity index (χ2n) is 5.32. The van der Waals surface area contributed by atoms with E-state index in [1.807, 2.05) is 6.07 Å². The first-order valence-electron chi connectivity index (χ1n) is 7.65. The molecule has 3 nitrogen and oxygen atoms in total. The lowest BCUT2D eigenvalue weighted by molar-refractivity contribution is 0.103. The molecule has 2 rings (SSSR count). The van der Waals surface area contributed by atoms with Gasteiger partial charge >= 0.3 is 0 Å². The van der Waals surface area contributed by atoms with Crippen LogP contribution in [-0.2, 0) is 0 Å². The van der Waals surface area contributed by atoms with Crippen LogP contribution >= 0.6 is 55.1 Å². The first kappa shape index (κ1) is 19.8. The van der Waals surface area contributed by atoms with Crippen molar-refractivity contribution in [3.63, 3.8) is 0 Å². The smallest absolute Gasteiger partial charge is 0.214 e. The van der Waals surface area contributed by atoms with Gasteiger partial charge in [0.25, 0.3) is 0 Å². The molecular weight excluding hydrogens is 481 g/mol. The van der Waals surface area contributed by atoms with E-state index >= 15 is 0 Å². The molecule has 0 aliphatic heterocycles. The number of ether oxygens (including phenoxy) is 1. The Morgan fingerprint density at radius 1 is 1.21 bits per heavy atom. The van der Waals surface area contributed by atoms with Gasteiger partial charge in [-0.05, 0) is 40.5 Å². The van der Waals surface area contributed by atoms with E-state index in [1.54, 1.807) is 12.1 Å². The fourth-order valence-electron chi connectivity index (χ4n) is 2.23. The summed E-state index contributed by atoms with van der Waals surface area (Å²) in [4.78, 5) is 15.7. The van der Waals surface area contributed by atoms with Gasteiger partial charge in [0.15, 0.2) is 0 Å². The van der Waals surface area contributed by atoms with Gasteiger partial charge in [0.2, 0.25) is 5.78 Å². The van der Waals surface area contributed by atoms with Crippen molar-refractivity contribution in [2.45, 2.75) is 32.6 Å². The van der Waals surface area contributed by atoms with Crippen LogP contribution in [0.3, 0.4) is 0 Å². The van der Waals surface area contributed by atoms with Crippen molar-refractivity contribution in [1.29, 1.82) is 0 Å². The zero-order valence-corrected chi connectivity index (χ0v) is 17.8. The molecule has 0 spiro atoms. The van der Waals surface area contributed by atoms with Crippen LogP contribution in [0.15, 0.2) is 27.1 Å². The van der Waals surface area contributed by atoms with Gasteiger partial charge in [-0.1, -0.05) is 65.3 Å². The fourth-order valence-corrected chi connectivity index (χ4v) is 3.52. The normalized spacial score (nSPS) is 10.9. The van der Waals surface area contributed by atoms with Crippen LogP contribution in [0.4, 0.5) is 0 Å². The van der Waals surface area contributed by atoms with E-state index in [4.69, 9.17) is 27.9 Å². The van der Waals surface area contributed by atoms with Crippen molar-refractivity contribution in [2.24, 2.45) is 0 Å². The Morgan fingerprint density at radius 2 is 1.96 bits per heavy atom. The van der Waals surface area contributed by atoms with Crippen LogP contribution in [-0.4, -0.2) is 17.4 Å². The number of halogens is 4. The summed E-state index contributed by atoms with van der Waals surface area (Å²) >= 11 is 18.7. The van der Waals surface area contributed by atoms with E-state index in [0.29, 0.717) is 28.1 Å². The minimum absolute atomic E-state index is 0.226. The summed E-state index contributed by atoms with van der Waals surface area (Å²) in [6.45, 7) is 2.74. The van der Waals surface area contributed by atoms with Gasteiger partial charge in [0.05, 0.1) is 21.7 Å². The zero-order chi connectivity index (χ0) is 17.7. The molecule has 0 aliphatic rings. The van der Waals surface area contributed by atoms with Crippen LogP contribution < -0.4 is 4.74 Å². The van der Waals surface area contributed by atoms with E-state index in [-0.39, 0.29) is 16.0 Å². The van der Waals surface area contributed by atoms with Gasteiger partial charge in [0, 0.05) is 4.47 Å². The van der Waals surface area contributed by atoms with Crippen molar-refractivity contribution in [3.05, 3.63) is 48.6 Å². The standard InChI is InChI=1S/C17H17Br2Cl2NO2/c1-2-3-4-5-8-24-12-7-6-10(18)9-11(12)16(23)15-13(19)14(20)17(21)22-15/h6-7,9,22H,2-5,8H2,1H3. The summed E-state index contributed by atoms with van der Waals surface area (Å²) in [6, 6.07) is 5.37. The number of unbranched alkanes of at least 4 members (excludes halogenated alkanes) is 3. The summed E-state index contributed by atoms with van der Waals surface area (Å²) in [7, 11) is 0. The summed E-state index contributed by atoms with van der Waals surface area (Å²) in [5.41, 5.74) is 0.758. The first-order chi connectivity index (χ1) is 11.5.